The van der Waals surface area contributed by atoms with Gasteiger partial charge in [-0.05, 0) is 29.3 Å². The van der Waals surface area contributed by atoms with Crippen molar-refractivity contribution in [3.05, 3.63) is 52.2 Å². The number of carbonyl (C=O) groups is 3. The van der Waals surface area contributed by atoms with Crippen LogP contribution in [-0.4, -0.2) is 42.0 Å². The quantitative estimate of drug-likeness (QED) is 0.770. The van der Waals surface area contributed by atoms with E-state index in [0.29, 0.717) is 17.7 Å². The number of carbonyl (C=O) groups excluding carboxylic acids is 3. The predicted octanol–water partition coefficient (Wildman–Crippen LogP) is 3.18. The molecule has 30 heavy (non-hydrogen) atoms. The van der Waals surface area contributed by atoms with Gasteiger partial charge in [-0.25, -0.2) is 5.01 Å². The third-order valence-electron chi connectivity index (χ3n) is 4.96. The van der Waals surface area contributed by atoms with Crippen molar-refractivity contribution in [2.24, 2.45) is 11.0 Å². The maximum atomic E-state index is 13.4. The molecule has 1 aliphatic heterocycles. The Hall–Kier alpha value is -3.00. The minimum Gasteiger partial charge on any atom is -0.339 e. The largest absolute Gasteiger partial charge is 0.339 e. The summed E-state index contributed by atoms with van der Waals surface area (Å²) in [5.74, 6) is -0.752. The fourth-order valence-electron chi connectivity index (χ4n) is 3.55. The van der Waals surface area contributed by atoms with Gasteiger partial charge in [-0.2, -0.15) is 16.4 Å². The molecule has 7 nitrogen and oxygen atoms in total. The zero-order valence-corrected chi connectivity index (χ0v) is 18.3. The van der Waals surface area contributed by atoms with Gasteiger partial charge in [0.2, 0.25) is 11.8 Å². The van der Waals surface area contributed by atoms with Gasteiger partial charge >= 0.3 is 0 Å². The number of hydrazone groups is 1. The van der Waals surface area contributed by atoms with Crippen molar-refractivity contribution < 1.29 is 14.4 Å². The molecule has 2 heterocycles. The van der Waals surface area contributed by atoms with E-state index in [1.807, 2.05) is 54.9 Å². The second kappa shape index (κ2) is 9.21. The van der Waals surface area contributed by atoms with Crippen LogP contribution < -0.4 is 10.2 Å². The average Bonchev–Trinajstić information content (AvgIpc) is 3.19. The molecule has 1 aliphatic rings. The number of nitrogens with one attached hydrogen (secondary N) is 1. The minimum absolute atomic E-state index is 0.171. The number of hydrogen-bond donors (Lipinski definition) is 1. The molecule has 0 unspecified atom stereocenters. The molecule has 2 atom stereocenters. The van der Waals surface area contributed by atoms with E-state index in [9.17, 15) is 14.4 Å². The number of nitrogens with zero attached hydrogens (tertiary/aromatic N) is 3. The molecule has 3 rings (SSSR count). The van der Waals surface area contributed by atoms with Crippen LogP contribution in [-0.2, 0) is 14.4 Å². The molecule has 3 amide bonds. The van der Waals surface area contributed by atoms with Crippen LogP contribution in [0.15, 0.2) is 46.2 Å². The van der Waals surface area contributed by atoms with Crippen LogP contribution in [0, 0.1) is 5.92 Å². The Bertz CT molecular complexity index is 955. The Balaban J connectivity index is 1.96. The van der Waals surface area contributed by atoms with Crippen molar-refractivity contribution in [2.75, 3.05) is 11.9 Å². The van der Waals surface area contributed by atoms with Gasteiger partial charge in [-0.1, -0.05) is 38.1 Å². The lowest BCUT2D eigenvalue weighted by atomic mass is 9.97. The van der Waals surface area contributed by atoms with E-state index >= 15 is 0 Å². The molecule has 8 heteroatoms. The van der Waals surface area contributed by atoms with Crippen LogP contribution in [0.4, 0.5) is 5.69 Å². The molecule has 2 aromatic rings. The molecule has 1 aromatic heterocycles. The molecule has 1 N–H and O–H groups in total. The topological polar surface area (TPSA) is 82.1 Å². The molecule has 0 bridgehead atoms. The summed E-state index contributed by atoms with van der Waals surface area (Å²) < 4.78 is 0. The summed E-state index contributed by atoms with van der Waals surface area (Å²) in [5.41, 5.74) is 2.13. The normalized spacial score (nSPS) is 16.8. The maximum Gasteiger partial charge on any atom is 0.269 e. The number of likely N-dealkylation sites (N-methyl/N-ethyl adjacent to an activating group) is 1. The minimum atomic E-state index is -0.882. The molecular formula is C22H26N4O3S. The summed E-state index contributed by atoms with van der Waals surface area (Å²) in [6.07, 6.45) is 2.08. The van der Waals surface area contributed by atoms with Gasteiger partial charge in [0.1, 0.15) is 12.1 Å². The number of anilines is 1. The zero-order chi connectivity index (χ0) is 21.8. The van der Waals surface area contributed by atoms with Gasteiger partial charge in [-0.3, -0.25) is 19.3 Å². The van der Waals surface area contributed by atoms with Crippen LogP contribution >= 0.6 is 11.3 Å². The first-order chi connectivity index (χ1) is 14.3. The molecule has 0 radical (unpaired) electrons. The Morgan fingerprint density at radius 2 is 2.00 bits per heavy atom. The summed E-state index contributed by atoms with van der Waals surface area (Å²) in [4.78, 5) is 40.4. The lowest BCUT2D eigenvalue weighted by Gasteiger charge is -2.32. The van der Waals surface area contributed by atoms with Gasteiger partial charge in [0.15, 0.2) is 0 Å². The standard InChI is InChI=1S/C22H26N4O3S/c1-14(2)11-19(26(15(3)27)17-9-10-30-13-17)21(28)24-20-18-8-6-5-7-16(18)12-23-25(4)22(20)29/h5-10,12-14,19-20H,11H2,1-4H3,(H,24,28)/t19-,20+/m0/s1. The molecule has 0 saturated heterocycles. The van der Waals surface area contributed by atoms with E-state index in [2.05, 4.69) is 10.4 Å². The summed E-state index contributed by atoms with van der Waals surface area (Å²) in [5, 5.41) is 12.0. The Kier molecular flexibility index (Phi) is 6.66. The van der Waals surface area contributed by atoms with E-state index in [1.54, 1.807) is 13.3 Å². The first-order valence-corrected chi connectivity index (χ1v) is 10.8. The number of benzene rings is 1. The number of hydrogen-bond acceptors (Lipinski definition) is 5. The smallest absolute Gasteiger partial charge is 0.269 e. The van der Waals surface area contributed by atoms with Crippen LogP contribution in [0.25, 0.3) is 0 Å². The summed E-state index contributed by atoms with van der Waals surface area (Å²) in [6, 6.07) is 7.54. The average molecular weight is 427 g/mol. The van der Waals surface area contributed by atoms with Crippen molar-refractivity contribution in [1.82, 2.24) is 10.3 Å². The maximum absolute atomic E-state index is 13.4. The highest BCUT2D eigenvalue weighted by Crippen LogP contribution is 2.26. The fourth-order valence-corrected chi connectivity index (χ4v) is 4.17. The lowest BCUT2D eigenvalue weighted by Crippen LogP contribution is -2.52. The van der Waals surface area contributed by atoms with E-state index in [0.717, 1.165) is 5.56 Å². The van der Waals surface area contributed by atoms with E-state index in [4.69, 9.17) is 0 Å². The number of thiophene rings is 1. The highest BCUT2D eigenvalue weighted by molar-refractivity contribution is 7.08. The van der Waals surface area contributed by atoms with Gasteiger partial charge < -0.3 is 5.32 Å². The fraction of sp³-hybridized carbons (Fsp3) is 0.364. The molecular weight excluding hydrogens is 400 g/mol. The van der Waals surface area contributed by atoms with Gasteiger partial charge in [0, 0.05) is 24.9 Å². The summed E-state index contributed by atoms with van der Waals surface area (Å²) >= 11 is 1.46. The van der Waals surface area contributed by atoms with Crippen molar-refractivity contribution in [3.8, 4) is 0 Å². The molecule has 1 aromatic carbocycles. The molecule has 158 valence electrons. The number of fused-ring (bicyclic) bond motifs is 1. The molecule has 0 aliphatic carbocycles. The summed E-state index contributed by atoms with van der Waals surface area (Å²) in [6.45, 7) is 5.45. The molecule has 0 spiro atoms. The Labute approximate surface area is 180 Å². The summed E-state index contributed by atoms with van der Waals surface area (Å²) in [7, 11) is 1.56. The highest BCUT2D eigenvalue weighted by atomic mass is 32.1. The highest BCUT2D eigenvalue weighted by Gasteiger charge is 2.35. The Morgan fingerprint density at radius 1 is 1.27 bits per heavy atom. The van der Waals surface area contributed by atoms with Crippen LogP contribution in [0.5, 0.6) is 0 Å². The second-order valence-electron chi connectivity index (χ2n) is 7.69. The van der Waals surface area contributed by atoms with Crippen LogP contribution in [0.2, 0.25) is 0 Å². The van der Waals surface area contributed by atoms with E-state index in [-0.39, 0.29) is 23.6 Å². The molecule has 0 saturated carbocycles. The predicted molar refractivity (Wildman–Crippen MR) is 118 cm³/mol. The van der Waals surface area contributed by atoms with E-state index in [1.165, 1.54) is 28.2 Å². The van der Waals surface area contributed by atoms with Crippen molar-refractivity contribution in [3.63, 3.8) is 0 Å². The van der Waals surface area contributed by atoms with Crippen LogP contribution in [0.1, 0.15) is 44.4 Å². The first kappa shape index (κ1) is 21.7. The van der Waals surface area contributed by atoms with Gasteiger partial charge in [0.25, 0.3) is 5.91 Å². The van der Waals surface area contributed by atoms with Crippen LogP contribution in [0.3, 0.4) is 0 Å². The molecule has 0 fully saturated rings. The van der Waals surface area contributed by atoms with Gasteiger partial charge in [-0.15, -0.1) is 0 Å². The second-order valence-corrected chi connectivity index (χ2v) is 8.47. The van der Waals surface area contributed by atoms with Crippen molar-refractivity contribution in [1.29, 1.82) is 0 Å². The third kappa shape index (κ3) is 4.59. The van der Waals surface area contributed by atoms with Crippen molar-refractivity contribution >= 4 is 41.0 Å². The Morgan fingerprint density at radius 3 is 2.63 bits per heavy atom. The number of rotatable bonds is 6. The van der Waals surface area contributed by atoms with Crippen molar-refractivity contribution in [2.45, 2.75) is 39.3 Å². The third-order valence-corrected chi connectivity index (χ3v) is 5.63. The van der Waals surface area contributed by atoms with E-state index < -0.39 is 12.1 Å². The SMILES string of the molecule is CC(=O)N(c1ccsc1)[C@@H](CC(C)C)C(=O)N[C@H]1C(=O)N(C)N=Cc2ccccc21. The van der Waals surface area contributed by atoms with Gasteiger partial charge in [0.05, 0.1) is 11.9 Å². The monoisotopic (exact) mass is 426 g/mol. The number of amides is 3. The zero-order valence-electron chi connectivity index (χ0n) is 17.5. The lowest BCUT2D eigenvalue weighted by molar-refractivity contribution is -0.136. The first-order valence-electron chi connectivity index (χ1n) is 9.82.